The van der Waals surface area contributed by atoms with Crippen molar-refractivity contribution in [2.24, 2.45) is 0 Å². The Labute approximate surface area is 99.9 Å². The second-order valence-corrected chi connectivity index (χ2v) is 3.93. The van der Waals surface area contributed by atoms with Crippen molar-refractivity contribution in [3.63, 3.8) is 0 Å². The summed E-state index contributed by atoms with van der Waals surface area (Å²) < 4.78 is 6.71. The number of nitrogens with zero attached hydrogens (tertiary/aromatic N) is 1. The van der Waals surface area contributed by atoms with Crippen molar-refractivity contribution in [1.29, 1.82) is 0 Å². The van der Waals surface area contributed by atoms with E-state index >= 15 is 0 Å². The van der Waals surface area contributed by atoms with E-state index in [9.17, 15) is 4.79 Å². The summed E-state index contributed by atoms with van der Waals surface area (Å²) in [6, 6.07) is 5.30. The summed E-state index contributed by atoms with van der Waals surface area (Å²) in [6.45, 7) is 3.50. The molecule has 0 aromatic carbocycles. The Morgan fingerprint density at radius 1 is 1.35 bits per heavy atom. The summed E-state index contributed by atoms with van der Waals surface area (Å²) in [6.07, 6.45) is 6.15. The Hall–Kier alpha value is -1.97. The molecule has 0 radical (unpaired) electrons. The normalized spacial score (nSPS) is 10.4. The van der Waals surface area contributed by atoms with Crippen molar-refractivity contribution in [1.82, 2.24) is 4.57 Å². The molecule has 2 rings (SSSR count). The Kier molecular flexibility index (Phi) is 3.65. The van der Waals surface area contributed by atoms with Crippen molar-refractivity contribution >= 4 is 5.69 Å². The molecule has 0 unspecified atom stereocenters. The summed E-state index contributed by atoms with van der Waals surface area (Å²) in [5.74, 6) is 0. The van der Waals surface area contributed by atoms with E-state index in [0.29, 0.717) is 6.54 Å². The zero-order valence-corrected chi connectivity index (χ0v) is 9.85. The molecular formula is C13H16N2O2. The Morgan fingerprint density at radius 3 is 2.94 bits per heavy atom. The molecule has 0 saturated heterocycles. The van der Waals surface area contributed by atoms with E-state index in [-0.39, 0.29) is 5.56 Å². The molecule has 0 atom stereocenters. The van der Waals surface area contributed by atoms with E-state index < -0.39 is 0 Å². The summed E-state index contributed by atoms with van der Waals surface area (Å²) in [7, 11) is 0. The van der Waals surface area contributed by atoms with E-state index in [1.165, 1.54) is 0 Å². The minimum absolute atomic E-state index is 0.0423. The van der Waals surface area contributed by atoms with Gasteiger partial charge in [-0.25, -0.2) is 0 Å². The smallest absolute Gasteiger partial charge is 0.250 e. The Bertz CT molecular complexity index is 514. The summed E-state index contributed by atoms with van der Waals surface area (Å²) in [5.41, 5.74) is 2.07. The average Bonchev–Trinajstić information content (AvgIpc) is 2.83. The average molecular weight is 232 g/mol. The highest BCUT2D eigenvalue weighted by Gasteiger charge is 1.98. The van der Waals surface area contributed by atoms with Gasteiger partial charge in [-0.1, -0.05) is 6.92 Å². The van der Waals surface area contributed by atoms with Crippen LogP contribution in [0.4, 0.5) is 5.69 Å². The lowest BCUT2D eigenvalue weighted by Gasteiger charge is -2.08. The quantitative estimate of drug-likeness (QED) is 0.861. The van der Waals surface area contributed by atoms with E-state index in [1.54, 1.807) is 29.2 Å². The number of rotatable bonds is 5. The predicted octanol–water partition coefficient (Wildman–Crippen LogP) is 2.46. The van der Waals surface area contributed by atoms with Gasteiger partial charge in [0.25, 0.3) is 5.56 Å². The highest BCUT2D eigenvalue weighted by molar-refractivity contribution is 5.40. The molecule has 90 valence electrons. The number of hydrogen-bond donors (Lipinski definition) is 1. The van der Waals surface area contributed by atoms with Crippen LogP contribution in [0.15, 0.2) is 46.1 Å². The molecule has 0 bridgehead atoms. The van der Waals surface area contributed by atoms with Gasteiger partial charge < -0.3 is 14.3 Å². The van der Waals surface area contributed by atoms with Gasteiger partial charge in [-0.3, -0.25) is 4.79 Å². The first-order chi connectivity index (χ1) is 8.29. The van der Waals surface area contributed by atoms with Gasteiger partial charge in [0, 0.05) is 30.9 Å². The van der Waals surface area contributed by atoms with Gasteiger partial charge in [0.05, 0.1) is 18.2 Å². The third-order valence-corrected chi connectivity index (χ3v) is 2.52. The number of nitrogens with one attached hydrogen (secondary N) is 1. The van der Waals surface area contributed by atoms with Crippen LogP contribution in [0.2, 0.25) is 0 Å². The molecule has 0 amide bonds. The number of hydrogen-bond acceptors (Lipinski definition) is 3. The third-order valence-electron chi connectivity index (χ3n) is 2.52. The van der Waals surface area contributed by atoms with Gasteiger partial charge in [0.15, 0.2) is 0 Å². The molecule has 1 N–H and O–H groups in total. The fourth-order valence-corrected chi connectivity index (χ4v) is 1.65. The van der Waals surface area contributed by atoms with E-state index in [0.717, 1.165) is 24.2 Å². The molecule has 0 aliphatic heterocycles. The zero-order valence-electron chi connectivity index (χ0n) is 9.85. The van der Waals surface area contributed by atoms with Gasteiger partial charge in [-0.05, 0) is 18.6 Å². The summed E-state index contributed by atoms with van der Waals surface area (Å²) >= 11 is 0. The first-order valence-electron chi connectivity index (χ1n) is 5.75. The molecule has 0 fully saturated rings. The summed E-state index contributed by atoms with van der Waals surface area (Å²) in [5, 5.41) is 3.25. The van der Waals surface area contributed by atoms with Gasteiger partial charge in [-0.15, -0.1) is 0 Å². The monoisotopic (exact) mass is 232 g/mol. The second kappa shape index (κ2) is 5.39. The molecule has 2 aromatic rings. The van der Waals surface area contributed by atoms with Crippen LogP contribution in [0.3, 0.4) is 0 Å². The number of anilines is 1. The van der Waals surface area contributed by atoms with E-state index in [4.69, 9.17) is 4.42 Å². The maximum Gasteiger partial charge on any atom is 0.250 e. The van der Waals surface area contributed by atoms with Crippen molar-refractivity contribution < 1.29 is 4.42 Å². The first kappa shape index (κ1) is 11.5. The van der Waals surface area contributed by atoms with Gasteiger partial charge >= 0.3 is 0 Å². The largest absolute Gasteiger partial charge is 0.472 e. The van der Waals surface area contributed by atoms with Crippen LogP contribution in [-0.4, -0.2) is 4.57 Å². The summed E-state index contributed by atoms with van der Waals surface area (Å²) in [4.78, 5) is 11.5. The van der Waals surface area contributed by atoms with E-state index in [2.05, 4.69) is 12.2 Å². The molecule has 17 heavy (non-hydrogen) atoms. The number of aromatic nitrogens is 1. The molecule has 4 nitrogen and oxygen atoms in total. The lowest BCUT2D eigenvalue weighted by Crippen LogP contribution is -2.18. The minimum Gasteiger partial charge on any atom is -0.472 e. The number of furan rings is 1. The number of pyridine rings is 1. The maximum atomic E-state index is 11.5. The topological polar surface area (TPSA) is 47.2 Å². The highest BCUT2D eigenvalue weighted by atomic mass is 16.3. The predicted molar refractivity (Wildman–Crippen MR) is 67.0 cm³/mol. The molecule has 2 heterocycles. The molecule has 0 aliphatic carbocycles. The molecule has 2 aromatic heterocycles. The van der Waals surface area contributed by atoms with Crippen LogP contribution < -0.4 is 10.9 Å². The van der Waals surface area contributed by atoms with Crippen LogP contribution in [-0.2, 0) is 13.1 Å². The van der Waals surface area contributed by atoms with Crippen LogP contribution in [0.25, 0.3) is 0 Å². The van der Waals surface area contributed by atoms with Crippen molar-refractivity contribution in [2.45, 2.75) is 26.4 Å². The van der Waals surface area contributed by atoms with E-state index in [1.807, 2.05) is 12.3 Å². The zero-order chi connectivity index (χ0) is 12.1. The highest BCUT2D eigenvalue weighted by Crippen LogP contribution is 2.07. The van der Waals surface area contributed by atoms with Crippen LogP contribution in [0.1, 0.15) is 18.9 Å². The van der Waals surface area contributed by atoms with Gasteiger partial charge in [0.2, 0.25) is 0 Å². The second-order valence-electron chi connectivity index (χ2n) is 3.93. The van der Waals surface area contributed by atoms with Gasteiger partial charge in [-0.2, -0.15) is 0 Å². The SMILES string of the molecule is CCCn1cc(NCc2ccoc2)ccc1=O. The van der Waals surface area contributed by atoms with Crippen molar-refractivity contribution in [2.75, 3.05) is 5.32 Å². The molecule has 0 aliphatic rings. The lowest BCUT2D eigenvalue weighted by molar-refractivity contribution is 0.564. The Balaban J connectivity index is 2.06. The Morgan fingerprint density at radius 2 is 2.24 bits per heavy atom. The lowest BCUT2D eigenvalue weighted by atomic mass is 10.3. The van der Waals surface area contributed by atoms with Crippen LogP contribution in [0, 0.1) is 0 Å². The molecule has 0 saturated carbocycles. The third kappa shape index (κ3) is 3.00. The van der Waals surface area contributed by atoms with Crippen molar-refractivity contribution in [3.05, 3.63) is 52.8 Å². The van der Waals surface area contributed by atoms with Crippen LogP contribution >= 0.6 is 0 Å². The number of aryl methyl sites for hydroxylation is 1. The van der Waals surface area contributed by atoms with Crippen LogP contribution in [0.5, 0.6) is 0 Å². The van der Waals surface area contributed by atoms with Crippen molar-refractivity contribution in [3.8, 4) is 0 Å². The standard InChI is InChI=1S/C13H16N2O2/c1-2-6-15-9-12(3-4-13(15)16)14-8-11-5-7-17-10-11/h3-5,7,9-10,14H,2,6,8H2,1H3. The van der Waals surface area contributed by atoms with Gasteiger partial charge in [0.1, 0.15) is 0 Å². The fourth-order valence-electron chi connectivity index (χ4n) is 1.65. The maximum absolute atomic E-state index is 11.5. The minimum atomic E-state index is 0.0423. The first-order valence-corrected chi connectivity index (χ1v) is 5.75. The molecular weight excluding hydrogens is 216 g/mol. The molecule has 4 heteroatoms. The fraction of sp³-hybridized carbons (Fsp3) is 0.308. The molecule has 0 spiro atoms.